The van der Waals surface area contributed by atoms with Gasteiger partial charge in [-0.1, -0.05) is 43.5 Å². The maximum absolute atomic E-state index is 13.3. The van der Waals surface area contributed by atoms with Crippen molar-refractivity contribution in [2.75, 3.05) is 13.7 Å². The van der Waals surface area contributed by atoms with E-state index in [1.165, 1.54) is 37.0 Å². The van der Waals surface area contributed by atoms with Gasteiger partial charge >= 0.3 is 0 Å². The second-order valence-corrected chi connectivity index (χ2v) is 7.41. The van der Waals surface area contributed by atoms with Crippen molar-refractivity contribution >= 4 is 0 Å². The van der Waals surface area contributed by atoms with Crippen molar-refractivity contribution in [1.29, 1.82) is 0 Å². The van der Waals surface area contributed by atoms with Crippen molar-refractivity contribution in [3.8, 4) is 5.75 Å². The quantitative estimate of drug-likeness (QED) is 0.846. The molecular weight excluding hydrogens is 329 g/mol. The zero-order valence-electron chi connectivity index (χ0n) is 15.2. The number of rotatable bonds is 3. The lowest BCUT2D eigenvalue weighted by Crippen LogP contribution is -2.53. The summed E-state index contributed by atoms with van der Waals surface area (Å²) in [5, 5.41) is 3.53. The predicted molar refractivity (Wildman–Crippen MR) is 99.8 cm³/mol. The monoisotopic (exact) mass is 355 g/mol. The molecule has 1 saturated heterocycles. The van der Waals surface area contributed by atoms with Crippen LogP contribution in [0.25, 0.3) is 0 Å². The van der Waals surface area contributed by atoms with Gasteiger partial charge in [-0.05, 0) is 48.2 Å². The van der Waals surface area contributed by atoms with E-state index in [4.69, 9.17) is 9.47 Å². The summed E-state index contributed by atoms with van der Waals surface area (Å²) in [5.41, 5.74) is 2.12. The number of methoxy groups -OCH3 is 1. The minimum atomic E-state index is -0.215. The lowest BCUT2D eigenvalue weighted by molar-refractivity contribution is -0.168. The van der Waals surface area contributed by atoms with Gasteiger partial charge in [0, 0.05) is 12.5 Å². The number of hydrogen-bond donors (Lipinski definition) is 1. The van der Waals surface area contributed by atoms with Gasteiger partial charge in [0.05, 0.1) is 12.7 Å². The Bertz CT molecular complexity index is 723. The number of ether oxygens (including phenoxy) is 2. The first kappa shape index (κ1) is 17.5. The highest BCUT2D eigenvalue weighted by molar-refractivity contribution is 5.32. The molecule has 4 rings (SSSR count). The molecule has 1 spiro atoms. The Morgan fingerprint density at radius 2 is 1.62 bits per heavy atom. The summed E-state index contributed by atoms with van der Waals surface area (Å²) >= 11 is 0. The molecule has 1 N–H and O–H groups in total. The van der Waals surface area contributed by atoms with Gasteiger partial charge in [-0.2, -0.15) is 0 Å². The van der Waals surface area contributed by atoms with E-state index >= 15 is 0 Å². The third-order valence-corrected chi connectivity index (χ3v) is 5.89. The second-order valence-electron chi connectivity index (χ2n) is 7.41. The highest BCUT2D eigenvalue weighted by Crippen LogP contribution is 2.47. The Morgan fingerprint density at radius 3 is 2.27 bits per heavy atom. The first-order chi connectivity index (χ1) is 12.7. The van der Waals surface area contributed by atoms with Gasteiger partial charge in [0.2, 0.25) is 0 Å². The minimum Gasteiger partial charge on any atom is -0.497 e. The topological polar surface area (TPSA) is 30.5 Å². The summed E-state index contributed by atoms with van der Waals surface area (Å²) in [6.07, 6.45) is 5.63. The molecule has 2 aromatic carbocycles. The number of benzene rings is 2. The molecule has 0 amide bonds. The summed E-state index contributed by atoms with van der Waals surface area (Å²) < 4.78 is 25.3. The predicted octanol–water partition coefficient (Wildman–Crippen LogP) is 4.94. The van der Waals surface area contributed by atoms with E-state index in [-0.39, 0.29) is 17.6 Å². The van der Waals surface area contributed by atoms with E-state index in [0.717, 1.165) is 30.7 Å². The molecule has 2 atom stereocenters. The molecule has 138 valence electrons. The fraction of sp³-hybridized carbons (Fsp3) is 0.455. The molecule has 26 heavy (non-hydrogen) atoms. The summed E-state index contributed by atoms with van der Waals surface area (Å²) in [7, 11) is 1.69. The summed E-state index contributed by atoms with van der Waals surface area (Å²) in [6.45, 7) is 0.856. The van der Waals surface area contributed by atoms with Crippen molar-refractivity contribution in [1.82, 2.24) is 5.32 Å². The minimum absolute atomic E-state index is 0.156. The molecule has 0 bridgehead atoms. The van der Waals surface area contributed by atoms with Crippen molar-refractivity contribution in [2.45, 2.75) is 49.9 Å². The summed E-state index contributed by atoms with van der Waals surface area (Å²) in [5.74, 6) is 0.971. The Labute approximate surface area is 154 Å². The van der Waals surface area contributed by atoms with Crippen LogP contribution in [0.3, 0.4) is 0 Å². The number of halogens is 1. The van der Waals surface area contributed by atoms with Crippen LogP contribution in [0.5, 0.6) is 5.75 Å². The Hall–Kier alpha value is -1.91. The lowest BCUT2D eigenvalue weighted by atomic mass is 9.71. The van der Waals surface area contributed by atoms with Gasteiger partial charge < -0.3 is 9.47 Å². The van der Waals surface area contributed by atoms with Crippen LogP contribution in [0, 0.1) is 5.82 Å². The molecule has 2 fully saturated rings. The first-order valence-corrected chi connectivity index (χ1v) is 9.51. The standard InChI is InChI=1S/C22H26FNO2/c1-25-19-11-7-16(8-12-19)20-15-24-21(17-5-9-18(23)10-6-17)26-22(20)13-3-2-4-14-22/h5-12,20-21,24H,2-4,13-15H2,1H3. The van der Waals surface area contributed by atoms with Crippen LogP contribution >= 0.6 is 0 Å². The zero-order chi connectivity index (χ0) is 18.0. The van der Waals surface area contributed by atoms with E-state index < -0.39 is 0 Å². The van der Waals surface area contributed by atoms with E-state index in [9.17, 15) is 4.39 Å². The van der Waals surface area contributed by atoms with Crippen LogP contribution in [-0.2, 0) is 4.74 Å². The van der Waals surface area contributed by atoms with Crippen molar-refractivity contribution < 1.29 is 13.9 Å². The fourth-order valence-electron chi connectivity index (χ4n) is 4.47. The van der Waals surface area contributed by atoms with E-state index in [0.29, 0.717) is 5.92 Å². The molecule has 2 aromatic rings. The molecule has 4 heteroatoms. The van der Waals surface area contributed by atoms with Crippen LogP contribution in [0.15, 0.2) is 48.5 Å². The molecule has 3 nitrogen and oxygen atoms in total. The molecule has 1 aliphatic carbocycles. The average molecular weight is 355 g/mol. The van der Waals surface area contributed by atoms with Gasteiger partial charge in [-0.3, -0.25) is 5.32 Å². The maximum Gasteiger partial charge on any atom is 0.135 e. The SMILES string of the molecule is COc1ccc(C2CNC(c3ccc(F)cc3)OC23CCCCC3)cc1. The third-order valence-electron chi connectivity index (χ3n) is 5.89. The van der Waals surface area contributed by atoms with E-state index in [2.05, 4.69) is 17.4 Å². The molecule has 1 heterocycles. The van der Waals surface area contributed by atoms with Gasteiger partial charge in [0.25, 0.3) is 0 Å². The van der Waals surface area contributed by atoms with Crippen LogP contribution < -0.4 is 10.1 Å². The zero-order valence-corrected chi connectivity index (χ0v) is 15.2. The lowest BCUT2D eigenvalue weighted by Gasteiger charge is -2.50. The van der Waals surface area contributed by atoms with Gasteiger partial charge in [0.15, 0.2) is 0 Å². The van der Waals surface area contributed by atoms with Crippen LogP contribution in [-0.4, -0.2) is 19.3 Å². The third kappa shape index (κ3) is 3.36. The molecule has 2 unspecified atom stereocenters. The van der Waals surface area contributed by atoms with Crippen molar-refractivity contribution in [3.63, 3.8) is 0 Å². The molecular formula is C22H26FNO2. The highest BCUT2D eigenvalue weighted by atomic mass is 19.1. The summed E-state index contributed by atoms with van der Waals surface area (Å²) in [4.78, 5) is 0. The van der Waals surface area contributed by atoms with Crippen LogP contribution in [0.2, 0.25) is 0 Å². The Balaban J connectivity index is 1.62. The maximum atomic E-state index is 13.3. The second kappa shape index (κ2) is 7.37. The molecule has 1 saturated carbocycles. The van der Waals surface area contributed by atoms with E-state index in [1.54, 1.807) is 7.11 Å². The normalized spacial score (nSPS) is 25.2. The average Bonchev–Trinajstić information content (AvgIpc) is 2.69. The fourth-order valence-corrected chi connectivity index (χ4v) is 4.47. The first-order valence-electron chi connectivity index (χ1n) is 9.51. The molecule has 0 aromatic heterocycles. The van der Waals surface area contributed by atoms with Gasteiger partial charge in [-0.25, -0.2) is 4.39 Å². The molecule has 0 radical (unpaired) electrons. The van der Waals surface area contributed by atoms with Gasteiger partial charge in [-0.15, -0.1) is 0 Å². The van der Waals surface area contributed by atoms with Crippen LogP contribution in [0.1, 0.15) is 55.4 Å². The largest absolute Gasteiger partial charge is 0.497 e. The van der Waals surface area contributed by atoms with Crippen molar-refractivity contribution in [3.05, 3.63) is 65.5 Å². The Morgan fingerprint density at radius 1 is 0.962 bits per heavy atom. The molecule has 1 aliphatic heterocycles. The molecule has 2 aliphatic rings. The number of nitrogens with one attached hydrogen (secondary N) is 1. The van der Waals surface area contributed by atoms with Gasteiger partial charge in [0.1, 0.15) is 17.8 Å². The van der Waals surface area contributed by atoms with Crippen molar-refractivity contribution in [2.24, 2.45) is 0 Å². The van der Waals surface area contributed by atoms with E-state index in [1.807, 2.05) is 24.3 Å². The summed E-state index contributed by atoms with van der Waals surface area (Å²) in [6, 6.07) is 15.0. The Kier molecular flexibility index (Phi) is 4.96. The van der Waals surface area contributed by atoms with Crippen LogP contribution in [0.4, 0.5) is 4.39 Å². The smallest absolute Gasteiger partial charge is 0.135 e. The highest BCUT2D eigenvalue weighted by Gasteiger charge is 2.46. The number of hydrogen-bond acceptors (Lipinski definition) is 3.